The number of nitrogens with one attached hydrogen (secondary N) is 1. The lowest BCUT2D eigenvalue weighted by Gasteiger charge is -2.19. The molecule has 3 N–H and O–H groups in total. The number of hydrogen-bond donors (Lipinski definition) is 2. The van der Waals surface area contributed by atoms with Gasteiger partial charge in [-0.05, 0) is 25.2 Å². The average Bonchev–Trinajstić information content (AvgIpc) is 2.72. The second kappa shape index (κ2) is 6.97. The summed E-state index contributed by atoms with van der Waals surface area (Å²) >= 11 is 0. The summed E-state index contributed by atoms with van der Waals surface area (Å²) in [6, 6.07) is -0.377. The van der Waals surface area contributed by atoms with Gasteiger partial charge in [0.2, 0.25) is 5.91 Å². The minimum atomic E-state index is -0.377. The molecule has 1 fully saturated rings. The van der Waals surface area contributed by atoms with Gasteiger partial charge in [0.25, 0.3) is 0 Å². The summed E-state index contributed by atoms with van der Waals surface area (Å²) in [4.78, 5) is 11.8. The zero-order valence-electron chi connectivity index (χ0n) is 11.2. The summed E-state index contributed by atoms with van der Waals surface area (Å²) in [5.41, 5.74) is 5.83. The Morgan fingerprint density at radius 1 is 1.53 bits per heavy atom. The molecule has 4 nitrogen and oxygen atoms in total. The second-order valence-corrected chi connectivity index (χ2v) is 5.35. The van der Waals surface area contributed by atoms with E-state index < -0.39 is 0 Å². The Hall–Kier alpha value is -0.610. The van der Waals surface area contributed by atoms with E-state index in [0.29, 0.717) is 24.5 Å². The molecule has 0 saturated carbocycles. The van der Waals surface area contributed by atoms with E-state index in [4.69, 9.17) is 10.5 Å². The number of hydrogen-bond acceptors (Lipinski definition) is 3. The number of carbonyl (C=O) groups excluding carboxylic acids is 1. The molecule has 3 atom stereocenters. The van der Waals surface area contributed by atoms with Gasteiger partial charge in [-0.15, -0.1) is 0 Å². The number of rotatable bonds is 6. The predicted octanol–water partition coefficient (Wildman–Crippen LogP) is 1.29. The largest absolute Gasteiger partial charge is 0.378 e. The highest BCUT2D eigenvalue weighted by molar-refractivity contribution is 5.81. The molecule has 1 rings (SSSR count). The molecule has 1 aliphatic rings. The Morgan fingerprint density at radius 2 is 2.24 bits per heavy atom. The Morgan fingerprint density at radius 3 is 2.82 bits per heavy atom. The van der Waals surface area contributed by atoms with E-state index >= 15 is 0 Å². The predicted molar refractivity (Wildman–Crippen MR) is 68.6 cm³/mol. The fourth-order valence-electron chi connectivity index (χ4n) is 2.36. The van der Waals surface area contributed by atoms with Gasteiger partial charge < -0.3 is 15.8 Å². The zero-order chi connectivity index (χ0) is 12.8. The van der Waals surface area contributed by atoms with Crippen molar-refractivity contribution in [1.82, 2.24) is 5.32 Å². The van der Waals surface area contributed by atoms with E-state index in [1.165, 1.54) is 0 Å². The maximum absolute atomic E-state index is 11.8. The topological polar surface area (TPSA) is 64.3 Å². The first-order valence-electron chi connectivity index (χ1n) is 6.69. The molecule has 0 aromatic heterocycles. The van der Waals surface area contributed by atoms with Crippen LogP contribution in [-0.2, 0) is 9.53 Å². The van der Waals surface area contributed by atoms with Crippen LogP contribution in [0.15, 0.2) is 0 Å². The number of amides is 1. The van der Waals surface area contributed by atoms with Crippen molar-refractivity contribution in [3.05, 3.63) is 0 Å². The van der Waals surface area contributed by atoms with E-state index in [-0.39, 0.29) is 11.9 Å². The van der Waals surface area contributed by atoms with Crippen LogP contribution < -0.4 is 11.1 Å². The Labute approximate surface area is 104 Å². The van der Waals surface area contributed by atoms with E-state index in [1.807, 2.05) is 0 Å². The third-order valence-corrected chi connectivity index (χ3v) is 3.35. The molecule has 1 aliphatic heterocycles. The van der Waals surface area contributed by atoms with Crippen LogP contribution in [0.5, 0.6) is 0 Å². The van der Waals surface area contributed by atoms with Crippen molar-refractivity contribution in [2.24, 2.45) is 17.6 Å². The van der Waals surface area contributed by atoms with Crippen LogP contribution in [0.4, 0.5) is 0 Å². The van der Waals surface area contributed by atoms with Crippen molar-refractivity contribution in [1.29, 1.82) is 0 Å². The minimum absolute atomic E-state index is 0.0274. The molecule has 0 spiro atoms. The van der Waals surface area contributed by atoms with Crippen molar-refractivity contribution in [2.45, 2.75) is 52.2 Å². The molecule has 0 aromatic carbocycles. The van der Waals surface area contributed by atoms with Gasteiger partial charge in [-0.25, -0.2) is 0 Å². The van der Waals surface area contributed by atoms with Gasteiger partial charge in [0.05, 0.1) is 12.1 Å². The highest BCUT2D eigenvalue weighted by atomic mass is 16.5. The number of carbonyl (C=O) groups is 1. The average molecular weight is 242 g/mol. The van der Waals surface area contributed by atoms with Gasteiger partial charge in [-0.3, -0.25) is 4.79 Å². The first kappa shape index (κ1) is 14.5. The lowest BCUT2D eigenvalue weighted by molar-refractivity contribution is -0.122. The van der Waals surface area contributed by atoms with Gasteiger partial charge in [-0.2, -0.15) is 0 Å². The van der Waals surface area contributed by atoms with Crippen LogP contribution in [0.25, 0.3) is 0 Å². The van der Waals surface area contributed by atoms with Crippen molar-refractivity contribution >= 4 is 5.91 Å². The zero-order valence-corrected chi connectivity index (χ0v) is 11.2. The number of ether oxygens (including phenoxy) is 1. The highest BCUT2D eigenvalue weighted by Crippen LogP contribution is 2.22. The Balaban J connectivity index is 2.27. The lowest BCUT2D eigenvalue weighted by atomic mass is 9.99. The third kappa shape index (κ3) is 4.64. The van der Waals surface area contributed by atoms with E-state index in [2.05, 4.69) is 26.1 Å². The van der Waals surface area contributed by atoms with Gasteiger partial charge in [0, 0.05) is 19.1 Å². The van der Waals surface area contributed by atoms with Crippen LogP contribution in [-0.4, -0.2) is 31.2 Å². The van der Waals surface area contributed by atoms with Crippen LogP contribution in [0.3, 0.4) is 0 Å². The lowest BCUT2D eigenvalue weighted by Crippen LogP contribution is -2.43. The second-order valence-electron chi connectivity index (χ2n) is 5.35. The minimum Gasteiger partial charge on any atom is -0.378 e. The first-order chi connectivity index (χ1) is 8.04. The molecule has 0 aromatic rings. The van der Waals surface area contributed by atoms with Gasteiger partial charge in [0.15, 0.2) is 0 Å². The van der Waals surface area contributed by atoms with Crippen molar-refractivity contribution in [3.8, 4) is 0 Å². The molecule has 100 valence electrons. The molecule has 1 saturated heterocycles. The van der Waals surface area contributed by atoms with Crippen molar-refractivity contribution < 1.29 is 9.53 Å². The highest BCUT2D eigenvalue weighted by Gasteiger charge is 2.27. The van der Waals surface area contributed by atoms with Gasteiger partial charge in [-0.1, -0.05) is 20.8 Å². The number of nitrogens with two attached hydrogens (primary N) is 1. The molecule has 4 heteroatoms. The fourth-order valence-corrected chi connectivity index (χ4v) is 2.36. The van der Waals surface area contributed by atoms with Crippen molar-refractivity contribution in [2.75, 3.05) is 13.2 Å². The molecular formula is C13H26N2O2. The first-order valence-corrected chi connectivity index (χ1v) is 6.69. The summed E-state index contributed by atoms with van der Waals surface area (Å²) in [5.74, 6) is 0.879. The molecule has 0 radical (unpaired) electrons. The molecule has 1 amide bonds. The maximum Gasteiger partial charge on any atom is 0.236 e. The van der Waals surface area contributed by atoms with Gasteiger partial charge in [0.1, 0.15) is 0 Å². The molecule has 1 heterocycles. The SMILES string of the molecule is CCC1OCCC1CNC(=O)[C@H](N)CC(C)C. The van der Waals surface area contributed by atoms with Crippen LogP contribution in [0.2, 0.25) is 0 Å². The smallest absolute Gasteiger partial charge is 0.236 e. The summed E-state index contributed by atoms with van der Waals surface area (Å²) < 4.78 is 5.59. The molecule has 17 heavy (non-hydrogen) atoms. The molecule has 2 unspecified atom stereocenters. The summed E-state index contributed by atoms with van der Waals surface area (Å²) in [7, 11) is 0. The third-order valence-electron chi connectivity index (χ3n) is 3.35. The quantitative estimate of drug-likeness (QED) is 0.737. The molecule has 0 aliphatic carbocycles. The molecule has 0 bridgehead atoms. The van der Waals surface area contributed by atoms with Crippen molar-refractivity contribution in [3.63, 3.8) is 0 Å². The normalized spacial score (nSPS) is 26.2. The van der Waals surface area contributed by atoms with E-state index in [1.54, 1.807) is 0 Å². The maximum atomic E-state index is 11.8. The Kier molecular flexibility index (Phi) is 5.92. The van der Waals surface area contributed by atoms with E-state index in [9.17, 15) is 4.79 Å². The Bertz CT molecular complexity index is 244. The van der Waals surface area contributed by atoms with E-state index in [0.717, 1.165) is 25.9 Å². The monoisotopic (exact) mass is 242 g/mol. The fraction of sp³-hybridized carbons (Fsp3) is 0.923. The van der Waals surface area contributed by atoms with Gasteiger partial charge >= 0.3 is 0 Å². The summed E-state index contributed by atoms with van der Waals surface area (Å²) in [6.45, 7) is 7.78. The van der Waals surface area contributed by atoms with Crippen LogP contribution >= 0.6 is 0 Å². The standard InChI is InChI=1S/C13H26N2O2/c1-4-12-10(5-6-17-12)8-15-13(16)11(14)7-9(2)3/h9-12H,4-8,14H2,1-3H3,(H,15,16)/t10?,11-,12?/m1/s1. The summed E-state index contributed by atoms with van der Waals surface area (Å²) in [5, 5.41) is 2.95. The molecular weight excluding hydrogens is 216 g/mol. The van der Waals surface area contributed by atoms with Crippen LogP contribution in [0, 0.1) is 11.8 Å². The van der Waals surface area contributed by atoms with Crippen LogP contribution in [0.1, 0.15) is 40.0 Å². The summed E-state index contributed by atoms with van der Waals surface area (Å²) in [6.07, 6.45) is 3.10.